The third-order valence-corrected chi connectivity index (χ3v) is 3.75. The molecule has 1 aliphatic rings. The van der Waals surface area contributed by atoms with Crippen LogP contribution < -0.4 is 0 Å². The Bertz CT molecular complexity index is 679. The molecule has 3 rings (SSSR count). The predicted molar refractivity (Wildman–Crippen MR) is 79.8 cm³/mol. The molecule has 2 aromatic rings. The fourth-order valence-electron chi connectivity index (χ4n) is 2.61. The summed E-state index contributed by atoms with van der Waals surface area (Å²) in [6, 6.07) is 14.9. The summed E-state index contributed by atoms with van der Waals surface area (Å²) in [5, 5.41) is 0. The fourth-order valence-corrected chi connectivity index (χ4v) is 2.61. The lowest BCUT2D eigenvalue weighted by atomic mass is 9.88. The van der Waals surface area contributed by atoms with Gasteiger partial charge in [-0.1, -0.05) is 37.3 Å². The smallest absolute Gasteiger partial charge is 0.0559 e. The van der Waals surface area contributed by atoms with Crippen LogP contribution in [0.3, 0.4) is 0 Å². The van der Waals surface area contributed by atoms with Crippen molar-refractivity contribution in [2.75, 3.05) is 0 Å². The molecule has 94 valence electrons. The first kappa shape index (κ1) is 11.8. The SMILES string of the molecule is C[C@H](C1=CC=C=C1c1cccn1C)c1ccccc1. The molecule has 1 aromatic heterocycles. The summed E-state index contributed by atoms with van der Waals surface area (Å²) in [7, 11) is 2.08. The van der Waals surface area contributed by atoms with Crippen LogP contribution in [0.1, 0.15) is 24.1 Å². The Hall–Kier alpha value is -2.24. The third-order valence-electron chi connectivity index (χ3n) is 3.75. The van der Waals surface area contributed by atoms with Crippen molar-refractivity contribution in [2.24, 2.45) is 7.05 Å². The third kappa shape index (κ3) is 2.09. The molecule has 1 nitrogen and oxygen atoms in total. The minimum absolute atomic E-state index is 0.386. The Kier molecular flexibility index (Phi) is 2.98. The first-order valence-corrected chi connectivity index (χ1v) is 6.61. The van der Waals surface area contributed by atoms with Gasteiger partial charge in [0.25, 0.3) is 0 Å². The molecule has 1 aromatic carbocycles. The summed E-state index contributed by atoms with van der Waals surface area (Å²) in [4.78, 5) is 0. The highest BCUT2D eigenvalue weighted by atomic mass is 14.9. The van der Waals surface area contributed by atoms with Gasteiger partial charge in [0.05, 0.1) is 5.69 Å². The number of hydrogen-bond acceptors (Lipinski definition) is 0. The maximum absolute atomic E-state index is 3.38. The van der Waals surface area contributed by atoms with Gasteiger partial charge in [-0.15, -0.1) is 5.73 Å². The van der Waals surface area contributed by atoms with Crippen LogP contribution in [0.5, 0.6) is 0 Å². The van der Waals surface area contributed by atoms with Gasteiger partial charge in [0, 0.05) is 24.7 Å². The van der Waals surface area contributed by atoms with E-state index in [4.69, 9.17) is 0 Å². The number of aromatic nitrogens is 1. The van der Waals surface area contributed by atoms with Gasteiger partial charge in [0.2, 0.25) is 0 Å². The molecule has 0 fully saturated rings. The minimum Gasteiger partial charge on any atom is -0.350 e. The van der Waals surface area contributed by atoms with Gasteiger partial charge >= 0.3 is 0 Å². The van der Waals surface area contributed by atoms with Crippen molar-refractivity contribution in [1.29, 1.82) is 0 Å². The quantitative estimate of drug-likeness (QED) is 0.712. The van der Waals surface area contributed by atoms with Crippen LogP contribution >= 0.6 is 0 Å². The second-order valence-electron chi connectivity index (χ2n) is 4.94. The molecule has 19 heavy (non-hydrogen) atoms. The lowest BCUT2D eigenvalue weighted by Gasteiger charge is -2.17. The van der Waals surface area contributed by atoms with Crippen LogP contribution in [0.15, 0.2) is 72.1 Å². The summed E-state index contributed by atoms with van der Waals surface area (Å²) in [6.45, 7) is 2.25. The van der Waals surface area contributed by atoms with Gasteiger partial charge in [-0.2, -0.15) is 0 Å². The highest BCUT2D eigenvalue weighted by molar-refractivity contribution is 5.81. The largest absolute Gasteiger partial charge is 0.350 e. The highest BCUT2D eigenvalue weighted by Crippen LogP contribution is 2.36. The van der Waals surface area contributed by atoms with E-state index < -0.39 is 0 Å². The van der Waals surface area contributed by atoms with Crippen molar-refractivity contribution in [3.8, 4) is 0 Å². The molecule has 1 aliphatic carbocycles. The monoisotopic (exact) mass is 247 g/mol. The number of allylic oxidation sites excluding steroid dienone is 3. The van der Waals surface area contributed by atoms with Gasteiger partial charge in [-0.3, -0.25) is 0 Å². The summed E-state index contributed by atoms with van der Waals surface area (Å²) in [5.41, 5.74) is 8.50. The van der Waals surface area contributed by atoms with Crippen LogP contribution in [0.2, 0.25) is 0 Å². The zero-order valence-electron chi connectivity index (χ0n) is 11.3. The molecule has 0 aliphatic heterocycles. The molecule has 0 saturated heterocycles. The summed E-state index contributed by atoms with van der Waals surface area (Å²) in [6.07, 6.45) is 6.28. The fraction of sp³-hybridized carbons (Fsp3) is 0.167. The lowest BCUT2D eigenvalue weighted by Crippen LogP contribution is -2.02. The zero-order chi connectivity index (χ0) is 13.2. The average Bonchev–Trinajstić information content (AvgIpc) is 3.07. The Morgan fingerprint density at radius 3 is 2.53 bits per heavy atom. The van der Waals surface area contributed by atoms with Crippen LogP contribution in [0.25, 0.3) is 5.57 Å². The van der Waals surface area contributed by atoms with Gasteiger partial charge in [0.1, 0.15) is 0 Å². The van der Waals surface area contributed by atoms with Crippen LogP contribution in [-0.4, -0.2) is 4.57 Å². The van der Waals surface area contributed by atoms with Crippen molar-refractivity contribution in [2.45, 2.75) is 12.8 Å². The van der Waals surface area contributed by atoms with Gasteiger partial charge in [-0.05, 0) is 35.4 Å². The number of benzene rings is 1. The van der Waals surface area contributed by atoms with Crippen molar-refractivity contribution in [1.82, 2.24) is 4.57 Å². The van der Waals surface area contributed by atoms with E-state index in [0.717, 1.165) is 0 Å². The van der Waals surface area contributed by atoms with Gasteiger partial charge < -0.3 is 4.57 Å². The van der Waals surface area contributed by atoms with E-state index in [0.29, 0.717) is 5.92 Å². The van der Waals surface area contributed by atoms with Crippen LogP contribution in [0, 0.1) is 0 Å². The molecule has 1 heterocycles. The predicted octanol–water partition coefficient (Wildman–Crippen LogP) is 4.31. The van der Waals surface area contributed by atoms with E-state index in [2.05, 4.69) is 79.0 Å². The molecule has 1 heteroatoms. The number of rotatable bonds is 3. The number of hydrogen-bond donors (Lipinski definition) is 0. The number of nitrogens with zero attached hydrogens (tertiary/aromatic N) is 1. The Morgan fingerprint density at radius 2 is 1.84 bits per heavy atom. The molecule has 0 amide bonds. The van der Waals surface area contributed by atoms with E-state index in [1.54, 1.807) is 0 Å². The summed E-state index contributed by atoms with van der Waals surface area (Å²) in [5.74, 6) is 0.386. The maximum Gasteiger partial charge on any atom is 0.0559 e. The topological polar surface area (TPSA) is 4.93 Å². The van der Waals surface area contributed by atoms with Crippen molar-refractivity contribution in [3.05, 3.63) is 83.4 Å². The molecule has 0 saturated carbocycles. The van der Waals surface area contributed by atoms with E-state index in [1.807, 2.05) is 6.08 Å². The van der Waals surface area contributed by atoms with Gasteiger partial charge in [-0.25, -0.2) is 0 Å². The summed E-state index contributed by atoms with van der Waals surface area (Å²) < 4.78 is 2.15. The Labute approximate surface area is 114 Å². The van der Waals surface area contributed by atoms with Crippen LogP contribution in [0.4, 0.5) is 0 Å². The van der Waals surface area contributed by atoms with E-state index in [1.165, 1.54) is 22.4 Å². The summed E-state index contributed by atoms with van der Waals surface area (Å²) >= 11 is 0. The Morgan fingerprint density at radius 1 is 1.05 bits per heavy atom. The number of aryl methyl sites for hydroxylation is 1. The molecule has 0 N–H and O–H groups in total. The molecular formula is C18H17N. The molecule has 0 radical (unpaired) electrons. The van der Waals surface area contributed by atoms with Crippen molar-refractivity contribution < 1.29 is 0 Å². The minimum atomic E-state index is 0.386. The molecule has 0 bridgehead atoms. The normalized spacial score (nSPS) is 15.3. The highest BCUT2D eigenvalue weighted by Gasteiger charge is 2.19. The standard InChI is InChI=1S/C18H17N/c1-14(15-8-4-3-5-9-15)16-10-6-11-17(16)18-12-7-13-19(18)2/h3-10,12-14H,1-2H3/t14-/m0/s1. The second-order valence-corrected chi connectivity index (χ2v) is 4.94. The Balaban J connectivity index is 1.96. The van der Waals surface area contributed by atoms with E-state index in [-0.39, 0.29) is 0 Å². The van der Waals surface area contributed by atoms with Crippen LogP contribution in [-0.2, 0) is 7.05 Å². The van der Waals surface area contributed by atoms with Crippen molar-refractivity contribution in [3.63, 3.8) is 0 Å². The average molecular weight is 247 g/mol. The molecule has 0 spiro atoms. The second kappa shape index (κ2) is 4.79. The van der Waals surface area contributed by atoms with Crippen molar-refractivity contribution >= 4 is 5.57 Å². The van der Waals surface area contributed by atoms with Gasteiger partial charge in [0.15, 0.2) is 0 Å². The van der Waals surface area contributed by atoms with E-state index >= 15 is 0 Å². The molecular weight excluding hydrogens is 230 g/mol. The first-order chi connectivity index (χ1) is 9.27. The maximum atomic E-state index is 3.38. The van der Waals surface area contributed by atoms with E-state index in [9.17, 15) is 0 Å². The lowest BCUT2D eigenvalue weighted by molar-refractivity contribution is 0.889. The molecule has 0 unspecified atom stereocenters. The molecule has 1 atom stereocenters. The first-order valence-electron chi connectivity index (χ1n) is 6.61. The zero-order valence-corrected chi connectivity index (χ0v) is 11.3.